The number of aliphatic hydroxyl groups excluding tert-OH is 1. The van der Waals surface area contributed by atoms with E-state index in [2.05, 4.69) is 5.32 Å². The lowest BCUT2D eigenvalue weighted by atomic mass is 10.2. The van der Waals surface area contributed by atoms with Crippen molar-refractivity contribution in [2.75, 3.05) is 6.61 Å². The van der Waals surface area contributed by atoms with Crippen LogP contribution < -0.4 is 5.32 Å². The molecule has 3 N–H and O–H groups in total. The summed E-state index contributed by atoms with van der Waals surface area (Å²) in [6.07, 6.45) is 0.877. The third-order valence-corrected chi connectivity index (χ3v) is 2.62. The van der Waals surface area contributed by atoms with Crippen LogP contribution in [0, 0.1) is 0 Å². The Morgan fingerprint density at radius 2 is 2.20 bits per heavy atom. The highest BCUT2D eigenvalue weighted by Crippen LogP contribution is 2.23. The molecule has 0 aromatic heterocycles. The second-order valence-electron chi connectivity index (χ2n) is 3.45. The highest BCUT2D eigenvalue weighted by molar-refractivity contribution is 6.32. The number of aromatic hydroxyl groups is 1. The number of halogens is 1. The Hall–Kier alpha value is -0.770. The fourth-order valence-electron chi connectivity index (χ4n) is 1.26. The van der Waals surface area contributed by atoms with E-state index in [-0.39, 0.29) is 18.4 Å². The predicted molar refractivity (Wildman–Crippen MR) is 61.1 cm³/mol. The number of rotatable bonds is 5. The first-order valence-electron chi connectivity index (χ1n) is 4.99. The first-order chi connectivity index (χ1) is 7.17. The van der Waals surface area contributed by atoms with Crippen molar-refractivity contribution in [2.45, 2.75) is 25.9 Å². The molecular weight excluding hydrogens is 214 g/mol. The molecule has 1 aromatic carbocycles. The summed E-state index contributed by atoms with van der Waals surface area (Å²) in [6.45, 7) is 2.78. The Morgan fingerprint density at radius 1 is 1.47 bits per heavy atom. The molecule has 0 bridgehead atoms. The summed E-state index contributed by atoms with van der Waals surface area (Å²) >= 11 is 5.77. The molecule has 15 heavy (non-hydrogen) atoms. The first-order valence-corrected chi connectivity index (χ1v) is 5.36. The molecule has 84 valence electrons. The van der Waals surface area contributed by atoms with Crippen molar-refractivity contribution in [2.24, 2.45) is 0 Å². The Kier molecular flexibility index (Phi) is 4.88. The molecular formula is C11H16ClNO2. The summed E-state index contributed by atoms with van der Waals surface area (Å²) in [5.41, 5.74) is 0.990. The van der Waals surface area contributed by atoms with Crippen molar-refractivity contribution in [1.82, 2.24) is 5.32 Å². The fraction of sp³-hybridized carbons (Fsp3) is 0.455. The number of hydrogen-bond acceptors (Lipinski definition) is 3. The lowest BCUT2D eigenvalue weighted by Gasteiger charge is -2.14. The largest absolute Gasteiger partial charge is 0.506 e. The van der Waals surface area contributed by atoms with Gasteiger partial charge in [0.1, 0.15) is 5.75 Å². The maximum atomic E-state index is 9.22. The molecule has 1 rings (SSSR count). The van der Waals surface area contributed by atoms with Gasteiger partial charge < -0.3 is 15.5 Å². The van der Waals surface area contributed by atoms with Gasteiger partial charge in [0.25, 0.3) is 0 Å². The van der Waals surface area contributed by atoms with E-state index in [0.717, 1.165) is 12.0 Å². The minimum absolute atomic E-state index is 0.0922. The summed E-state index contributed by atoms with van der Waals surface area (Å²) in [6, 6.07) is 5.20. The average Bonchev–Trinajstić information content (AvgIpc) is 2.24. The normalized spacial score (nSPS) is 12.7. The van der Waals surface area contributed by atoms with E-state index in [4.69, 9.17) is 16.7 Å². The summed E-state index contributed by atoms with van der Waals surface area (Å²) in [7, 11) is 0. The summed E-state index contributed by atoms with van der Waals surface area (Å²) in [5.74, 6) is 0.0922. The number of phenolic OH excluding ortho intramolecular Hbond substituents is 1. The maximum absolute atomic E-state index is 9.22. The van der Waals surface area contributed by atoms with Gasteiger partial charge in [-0.05, 0) is 24.1 Å². The highest BCUT2D eigenvalue weighted by atomic mass is 35.5. The van der Waals surface area contributed by atoms with Gasteiger partial charge in [0.15, 0.2) is 0 Å². The third-order valence-electron chi connectivity index (χ3n) is 2.32. The van der Waals surface area contributed by atoms with Gasteiger partial charge in [-0.1, -0.05) is 24.6 Å². The van der Waals surface area contributed by atoms with Gasteiger partial charge >= 0.3 is 0 Å². The molecule has 1 aromatic rings. The third kappa shape index (κ3) is 3.70. The topological polar surface area (TPSA) is 52.5 Å². The molecule has 3 nitrogen and oxygen atoms in total. The van der Waals surface area contributed by atoms with Crippen LogP contribution in [0.25, 0.3) is 0 Å². The molecule has 1 atom stereocenters. The molecule has 0 aliphatic rings. The van der Waals surface area contributed by atoms with E-state index < -0.39 is 0 Å². The van der Waals surface area contributed by atoms with Crippen molar-refractivity contribution in [3.05, 3.63) is 28.8 Å². The summed E-state index contributed by atoms with van der Waals surface area (Å²) in [4.78, 5) is 0. The summed E-state index contributed by atoms with van der Waals surface area (Å²) in [5, 5.41) is 21.7. The smallest absolute Gasteiger partial charge is 0.134 e. The van der Waals surface area contributed by atoms with E-state index in [1.807, 2.05) is 6.92 Å². The first kappa shape index (κ1) is 12.3. The van der Waals surface area contributed by atoms with Gasteiger partial charge in [0, 0.05) is 12.6 Å². The SMILES string of the molecule is CC[C@@H](CO)NCc1ccc(O)c(Cl)c1. The molecule has 0 fully saturated rings. The second-order valence-corrected chi connectivity index (χ2v) is 3.86. The van der Waals surface area contributed by atoms with Crippen LogP contribution in [0.1, 0.15) is 18.9 Å². The van der Waals surface area contributed by atoms with Crippen molar-refractivity contribution in [3.63, 3.8) is 0 Å². The monoisotopic (exact) mass is 229 g/mol. The van der Waals surface area contributed by atoms with Crippen molar-refractivity contribution < 1.29 is 10.2 Å². The zero-order valence-corrected chi connectivity index (χ0v) is 9.46. The van der Waals surface area contributed by atoms with Crippen molar-refractivity contribution >= 4 is 11.6 Å². The van der Waals surface area contributed by atoms with E-state index in [1.165, 1.54) is 0 Å². The Balaban J connectivity index is 2.54. The Labute approximate surface area is 94.7 Å². The number of hydrogen-bond donors (Lipinski definition) is 3. The molecule has 4 heteroatoms. The lowest BCUT2D eigenvalue weighted by molar-refractivity contribution is 0.238. The molecule has 0 amide bonds. The van der Waals surface area contributed by atoms with Crippen LogP contribution >= 0.6 is 11.6 Å². The molecule has 0 radical (unpaired) electrons. The van der Waals surface area contributed by atoms with Crippen LogP contribution in [0.4, 0.5) is 0 Å². The summed E-state index contributed by atoms with van der Waals surface area (Å²) < 4.78 is 0. The molecule has 0 spiro atoms. The van der Waals surface area contributed by atoms with Crippen LogP contribution in [0.15, 0.2) is 18.2 Å². The van der Waals surface area contributed by atoms with Crippen LogP contribution in [0.2, 0.25) is 5.02 Å². The Morgan fingerprint density at radius 3 is 2.73 bits per heavy atom. The predicted octanol–water partition coefficient (Wildman–Crippen LogP) is 1.91. The van der Waals surface area contributed by atoms with Crippen LogP contribution in [0.3, 0.4) is 0 Å². The second kappa shape index (κ2) is 5.95. The fourth-order valence-corrected chi connectivity index (χ4v) is 1.46. The maximum Gasteiger partial charge on any atom is 0.134 e. The number of phenols is 1. The minimum Gasteiger partial charge on any atom is -0.506 e. The van der Waals surface area contributed by atoms with Crippen molar-refractivity contribution in [3.8, 4) is 5.75 Å². The van der Waals surface area contributed by atoms with Crippen LogP contribution in [-0.4, -0.2) is 22.9 Å². The number of benzene rings is 1. The van der Waals surface area contributed by atoms with Gasteiger partial charge in [0.05, 0.1) is 11.6 Å². The van der Waals surface area contributed by atoms with Gasteiger partial charge in [-0.2, -0.15) is 0 Å². The zero-order chi connectivity index (χ0) is 11.3. The van der Waals surface area contributed by atoms with Gasteiger partial charge in [0.2, 0.25) is 0 Å². The van der Waals surface area contributed by atoms with Crippen molar-refractivity contribution in [1.29, 1.82) is 0 Å². The molecule has 0 aliphatic heterocycles. The molecule has 0 unspecified atom stereocenters. The van der Waals surface area contributed by atoms with E-state index in [9.17, 15) is 5.11 Å². The number of nitrogens with one attached hydrogen (secondary N) is 1. The van der Waals surface area contributed by atoms with Gasteiger partial charge in [-0.25, -0.2) is 0 Å². The van der Waals surface area contributed by atoms with Crippen LogP contribution in [0.5, 0.6) is 5.75 Å². The highest BCUT2D eigenvalue weighted by Gasteiger charge is 2.04. The minimum atomic E-state index is 0.0922. The zero-order valence-electron chi connectivity index (χ0n) is 8.70. The number of aliphatic hydroxyl groups is 1. The van der Waals surface area contributed by atoms with Gasteiger partial charge in [-0.3, -0.25) is 0 Å². The standard InChI is InChI=1S/C11H16ClNO2/c1-2-9(7-14)13-6-8-3-4-11(15)10(12)5-8/h3-5,9,13-15H,2,6-7H2,1H3/t9-/m0/s1. The van der Waals surface area contributed by atoms with Gasteiger partial charge in [-0.15, -0.1) is 0 Å². The van der Waals surface area contributed by atoms with E-state index in [1.54, 1.807) is 18.2 Å². The van der Waals surface area contributed by atoms with Crippen LogP contribution in [-0.2, 0) is 6.54 Å². The Bertz CT molecular complexity index is 313. The molecule has 0 aliphatic carbocycles. The van der Waals surface area contributed by atoms with E-state index in [0.29, 0.717) is 11.6 Å². The quantitative estimate of drug-likeness (QED) is 0.723. The van der Waals surface area contributed by atoms with E-state index >= 15 is 0 Å². The molecule has 0 saturated heterocycles. The molecule has 0 heterocycles. The molecule has 0 saturated carbocycles. The lowest BCUT2D eigenvalue weighted by Crippen LogP contribution is -2.31. The average molecular weight is 230 g/mol.